The second-order valence-corrected chi connectivity index (χ2v) is 7.51. The molecule has 0 aliphatic carbocycles. The second kappa shape index (κ2) is 8.98. The predicted molar refractivity (Wildman–Crippen MR) is 111 cm³/mol. The summed E-state index contributed by atoms with van der Waals surface area (Å²) in [7, 11) is 0. The summed E-state index contributed by atoms with van der Waals surface area (Å²) >= 11 is 0. The molecule has 1 fully saturated rings. The molecule has 8 N–H and O–H groups in total. The van der Waals surface area contributed by atoms with Crippen molar-refractivity contribution in [1.29, 1.82) is 0 Å². The van der Waals surface area contributed by atoms with Crippen LogP contribution in [0.3, 0.4) is 0 Å². The molecule has 0 radical (unpaired) electrons. The Kier molecular flexibility index (Phi) is 6.22. The zero-order chi connectivity index (χ0) is 24.7. The highest BCUT2D eigenvalue weighted by Gasteiger charge is 2.45. The zero-order valence-corrected chi connectivity index (χ0v) is 17.1. The number of aliphatic hydroxyl groups excluding tert-OH is 4. The Balaban J connectivity index is 1.88. The molecule has 0 spiro atoms. The molecular formula is C21H20O13. The Morgan fingerprint density at radius 3 is 2.29 bits per heavy atom. The van der Waals surface area contributed by atoms with E-state index in [-0.39, 0.29) is 11.3 Å². The normalized spacial score (nSPS) is 24.8. The SMILES string of the molecule is O=c1cc(-c2ccc(O)c(O)c2)oc2c(OC3OC(CO)C(O)C(O)C3O)c(OO)cc(O)c12. The van der Waals surface area contributed by atoms with Crippen LogP contribution >= 0.6 is 0 Å². The summed E-state index contributed by atoms with van der Waals surface area (Å²) in [6.07, 6.45) is -8.38. The van der Waals surface area contributed by atoms with Gasteiger partial charge in [-0.2, -0.15) is 0 Å². The van der Waals surface area contributed by atoms with Crippen LogP contribution in [0.4, 0.5) is 0 Å². The third-order valence-corrected chi connectivity index (χ3v) is 5.34. The van der Waals surface area contributed by atoms with Crippen molar-refractivity contribution in [2.75, 3.05) is 6.61 Å². The average Bonchev–Trinajstić information content (AvgIpc) is 2.81. The van der Waals surface area contributed by atoms with Gasteiger partial charge in [-0.3, -0.25) is 4.79 Å². The fourth-order valence-corrected chi connectivity index (χ4v) is 3.55. The van der Waals surface area contributed by atoms with Gasteiger partial charge in [0.15, 0.2) is 22.5 Å². The number of ether oxygens (including phenoxy) is 2. The first kappa shape index (κ1) is 23.6. The van der Waals surface area contributed by atoms with Gasteiger partial charge in [-0.05, 0) is 18.2 Å². The van der Waals surface area contributed by atoms with Gasteiger partial charge in [-0.1, -0.05) is 0 Å². The van der Waals surface area contributed by atoms with Gasteiger partial charge in [0, 0.05) is 17.7 Å². The minimum Gasteiger partial charge on any atom is -0.507 e. The first-order chi connectivity index (χ1) is 16.2. The molecular weight excluding hydrogens is 460 g/mol. The number of hydrogen-bond acceptors (Lipinski definition) is 13. The molecule has 0 bridgehead atoms. The number of fused-ring (bicyclic) bond motifs is 1. The first-order valence-electron chi connectivity index (χ1n) is 9.81. The van der Waals surface area contributed by atoms with Gasteiger partial charge in [0.1, 0.15) is 41.3 Å². The van der Waals surface area contributed by atoms with Crippen LogP contribution in [0.5, 0.6) is 28.7 Å². The monoisotopic (exact) mass is 480 g/mol. The van der Waals surface area contributed by atoms with Crippen LogP contribution in [-0.4, -0.2) is 78.3 Å². The number of phenolic OH excluding ortho intramolecular Hbond substituents is 3. The largest absolute Gasteiger partial charge is 0.507 e. The van der Waals surface area contributed by atoms with Crippen molar-refractivity contribution in [3.63, 3.8) is 0 Å². The van der Waals surface area contributed by atoms with Crippen molar-refractivity contribution >= 4 is 11.0 Å². The Morgan fingerprint density at radius 2 is 1.65 bits per heavy atom. The van der Waals surface area contributed by atoms with E-state index in [1.54, 1.807) is 0 Å². The second-order valence-electron chi connectivity index (χ2n) is 7.51. The van der Waals surface area contributed by atoms with Crippen LogP contribution < -0.4 is 15.1 Å². The van der Waals surface area contributed by atoms with E-state index in [1.807, 2.05) is 0 Å². The Labute approximate surface area is 189 Å². The van der Waals surface area contributed by atoms with Crippen molar-refractivity contribution in [1.82, 2.24) is 0 Å². The van der Waals surface area contributed by atoms with Crippen LogP contribution in [-0.2, 0) is 4.74 Å². The summed E-state index contributed by atoms with van der Waals surface area (Å²) in [5.74, 6) is -2.85. The fraction of sp³-hybridized carbons (Fsp3) is 0.286. The molecule has 0 amide bonds. The number of aromatic hydroxyl groups is 3. The molecule has 13 heteroatoms. The topological polar surface area (TPSA) is 220 Å². The molecule has 2 heterocycles. The van der Waals surface area contributed by atoms with Crippen LogP contribution in [0.25, 0.3) is 22.3 Å². The van der Waals surface area contributed by atoms with Crippen molar-refractivity contribution < 1.29 is 59.8 Å². The molecule has 34 heavy (non-hydrogen) atoms. The molecule has 4 rings (SSSR count). The summed E-state index contributed by atoms with van der Waals surface area (Å²) in [5, 5.41) is 78.1. The lowest BCUT2D eigenvalue weighted by atomic mass is 9.99. The van der Waals surface area contributed by atoms with Gasteiger partial charge in [-0.25, -0.2) is 5.26 Å². The third-order valence-electron chi connectivity index (χ3n) is 5.34. The molecule has 5 atom stereocenters. The quantitative estimate of drug-likeness (QED) is 0.133. The molecule has 1 saturated heterocycles. The minimum atomic E-state index is -1.85. The third kappa shape index (κ3) is 3.96. The van der Waals surface area contributed by atoms with Gasteiger partial charge in [0.05, 0.1) is 6.61 Å². The van der Waals surface area contributed by atoms with Crippen LogP contribution in [0.1, 0.15) is 0 Å². The number of rotatable bonds is 5. The van der Waals surface area contributed by atoms with Crippen molar-refractivity contribution in [2.45, 2.75) is 30.7 Å². The van der Waals surface area contributed by atoms with E-state index < -0.39 is 82.5 Å². The lowest BCUT2D eigenvalue weighted by molar-refractivity contribution is -0.278. The van der Waals surface area contributed by atoms with Crippen molar-refractivity contribution in [3.8, 4) is 40.1 Å². The lowest BCUT2D eigenvalue weighted by Crippen LogP contribution is -2.60. The van der Waals surface area contributed by atoms with E-state index in [1.165, 1.54) is 6.07 Å². The van der Waals surface area contributed by atoms with E-state index in [9.17, 15) is 45.8 Å². The van der Waals surface area contributed by atoms with Crippen molar-refractivity contribution in [2.24, 2.45) is 0 Å². The lowest BCUT2D eigenvalue weighted by Gasteiger charge is -2.39. The van der Waals surface area contributed by atoms with E-state index in [0.717, 1.165) is 24.3 Å². The fourth-order valence-electron chi connectivity index (χ4n) is 3.55. The van der Waals surface area contributed by atoms with Gasteiger partial charge in [-0.15, -0.1) is 0 Å². The van der Waals surface area contributed by atoms with E-state index in [2.05, 4.69) is 4.89 Å². The maximum atomic E-state index is 12.8. The van der Waals surface area contributed by atoms with E-state index >= 15 is 0 Å². The first-order valence-corrected chi connectivity index (χ1v) is 9.81. The number of phenols is 3. The molecule has 0 saturated carbocycles. The summed E-state index contributed by atoms with van der Waals surface area (Å²) in [6, 6.07) is 5.38. The molecule has 1 aliphatic heterocycles. The summed E-state index contributed by atoms with van der Waals surface area (Å²) in [6.45, 7) is -0.742. The zero-order valence-electron chi connectivity index (χ0n) is 17.1. The summed E-state index contributed by atoms with van der Waals surface area (Å²) in [5.41, 5.74) is -1.11. The molecule has 5 unspecified atom stereocenters. The molecule has 182 valence electrons. The van der Waals surface area contributed by atoms with E-state index in [0.29, 0.717) is 0 Å². The van der Waals surface area contributed by atoms with Gasteiger partial charge in [0.25, 0.3) is 0 Å². The van der Waals surface area contributed by atoms with Crippen LogP contribution in [0.15, 0.2) is 39.5 Å². The van der Waals surface area contributed by atoms with Gasteiger partial charge in [0.2, 0.25) is 17.8 Å². The van der Waals surface area contributed by atoms with Crippen molar-refractivity contribution in [3.05, 3.63) is 40.6 Å². The van der Waals surface area contributed by atoms with Crippen LogP contribution in [0.2, 0.25) is 0 Å². The van der Waals surface area contributed by atoms with Gasteiger partial charge >= 0.3 is 0 Å². The smallest absolute Gasteiger partial charge is 0.229 e. The molecule has 3 aromatic rings. The van der Waals surface area contributed by atoms with E-state index in [4.69, 9.17) is 13.9 Å². The Bertz CT molecular complexity index is 1270. The van der Waals surface area contributed by atoms with Gasteiger partial charge < -0.3 is 54.5 Å². The highest BCUT2D eigenvalue weighted by atomic mass is 17.1. The number of hydrogen-bond donors (Lipinski definition) is 8. The molecule has 1 aliphatic rings. The maximum absolute atomic E-state index is 12.8. The molecule has 13 nitrogen and oxygen atoms in total. The van der Waals surface area contributed by atoms with Crippen LogP contribution in [0, 0.1) is 0 Å². The average molecular weight is 480 g/mol. The summed E-state index contributed by atoms with van der Waals surface area (Å²) < 4.78 is 16.5. The molecule has 1 aromatic heterocycles. The Morgan fingerprint density at radius 1 is 0.912 bits per heavy atom. The maximum Gasteiger partial charge on any atom is 0.229 e. The predicted octanol–water partition coefficient (Wildman–Crippen LogP) is -0.393. The summed E-state index contributed by atoms with van der Waals surface area (Å²) in [4.78, 5) is 17.0. The molecule has 2 aromatic carbocycles. The standard InChI is InChI=1S/C21H20O13/c22-6-14-16(27)17(28)18(29)21(32-14)33-19-13(34-30)5-11(26)15-10(25)4-12(31-20(15)19)7-1-2-8(23)9(24)3-7/h1-5,14,16-18,21-24,26-30H,6H2. The Hall–Kier alpha value is -3.59. The number of aliphatic hydroxyl groups is 4. The minimum absolute atomic E-state index is 0.142. The highest BCUT2D eigenvalue weighted by Crippen LogP contribution is 2.43. The number of benzene rings is 2. The highest BCUT2D eigenvalue weighted by molar-refractivity contribution is 5.91.